The lowest BCUT2D eigenvalue weighted by atomic mass is 10.2. The van der Waals surface area contributed by atoms with Crippen molar-refractivity contribution in [2.75, 3.05) is 17.2 Å². The molecule has 4 aromatic rings. The molecule has 0 atom stereocenters. The first kappa shape index (κ1) is 16.9. The average molecular weight is 385 g/mol. The number of imidazole rings is 1. The first-order valence-corrected chi connectivity index (χ1v) is 8.94. The summed E-state index contributed by atoms with van der Waals surface area (Å²) >= 11 is 0. The molecule has 2 aromatic carbocycles. The Balaban J connectivity index is 1.40. The zero-order chi connectivity index (χ0) is 19.8. The summed E-state index contributed by atoms with van der Waals surface area (Å²) in [5.74, 6) is -0.00496. The molecule has 8 nitrogen and oxygen atoms in total. The molecule has 0 unspecified atom stereocenters. The van der Waals surface area contributed by atoms with Crippen molar-refractivity contribution in [3.63, 3.8) is 0 Å². The second-order valence-corrected chi connectivity index (χ2v) is 6.52. The fraction of sp³-hybridized carbons (Fsp3) is 0.0476. The number of nitrogens with one attached hydrogen (secondary N) is 2. The Kier molecular flexibility index (Phi) is 3.94. The molecule has 0 saturated carbocycles. The van der Waals surface area contributed by atoms with Crippen molar-refractivity contribution < 1.29 is 14.3 Å². The number of fused-ring (bicyclic) bond motifs is 2. The van der Waals surface area contributed by atoms with Gasteiger partial charge in [0.2, 0.25) is 0 Å². The zero-order valence-electron chi connectivity index (χ0n) is 15.1. The monoisotopic (exact) mass is 385 g/mol. The molecule has 1 aliphatic heterocycles. The number of hydrogen-bond donors (Lipinski definition) is 2. The van der Waals surface area contributed by atoms with Crippen molar-refractivity contribution in [1.29, 1.82) is 0 Å². The minimum absolute atomic E-state index is 0.0466. The summed E-state index contributed by atoms with van der Waals surface area (Å²) in [6.07, 6.45) is 3.21. The van der Waals surface area contributed by atoms with Crippen LogP contribution in [0.1, 0.15) is 10.4 Å². The number of nitrogens with zero attached hydrogens (tertiary/aromatic N) is 3. The number of rotatable bonds is 3. The Morgan fingerprint density at radius 1 is 1.10 bits per heavy atom. The van der Waals surface area contributed by atoms with E-state index in [0.29, 0.717) is 33.9 Å². The van der Waals surface area contributed by atoms with Crippen molar-refractivity contribution in [2.45, 2.75) is 0 Å². The van der Waals surface area contributed by atoms with E-state index in [9.17, 15) is 9.59 Å². The summed E-state index contributed by atoms with van der Waals surface area (Å²) in [4.78, 5) is 32.8. The molecule has 0 bridgehead atoms. The first-order chi connectivity index (χ1) is 14.2. The number of carbonyl (C=O) groups is 2. The number of carbonyl (C=O) groups excluding carboxylic acids is 2. The Morgan fingerprint density at radius 2 is 1.97 bits per heavy atom. The quantitative estimate of drug-likeness (QED) is 0.565. The molecular weight excluding hydrogens is 370 g/mol. The van der Waals surface area contributed by atoms with Crippen LogP contribution >= 0.6 is 0 Å². The fourth-order valence-electron chi connectivity index (χ4n) is 3.16. The fourth-order valence-corrected chi connectivity index (χ4v) is 3.16. The van der Waals surface area contributed by atoms with Crippen molar-refractivity contribution in [3.8, 4) is 11.4 Å². The Hall–Kier alpha value is -4.20. The summed E-state index contributed by atoms with van der Waals surface area (Å²) in [5.41, 5.74) is 3.76. The Bertz CT molecular complexity index is 1250. The SMILES string of the molecule is O=C1COc2cc(NC(=O)c3cnc4c(c3)ncn4-c3ccccc3)ccc2N1. The van der Waals surface area contributed by atoms with Gasteiger partial charge in [0.25, 0.3) is 11.8 Å². The minimum Gasteiger partial charge on any atom is -0.482 e. The summed E-state index contributed by atoms with van der Waals surface area (Å²) in [5, 5.41) is 5.53. The predicted octanol–water partition coefficient (Wildman–Crippen LogP) is 3.00. The molecule has 0 radical (unpaired) electrons. The van der Waals surface area contributed by atoms with Crippen LogP contribution < -0.4 is 15.4 Å². The van der Waals surface area contributed by atoms with Crippen LogP contribution in [0.4, 0.5) is 11.4 Å². The smallest absolute Gasteiger partial charge is 0.262 e. The van der Waals surface area contributed by atoms with Gasteiger partial charge in [0, 0.05) is 23.6 Å². The molecule has 8 heteroatoms. The summed E-state index contributed by atoms with van der Waals surface area (Å²) < 4.78 is 7.24. The van der Waals surface area contributed by atoms with Crippen LogP contribution in [0, 0.1) is 0 Å². The number of ether oxygens (including phenoxy) is 1. The van der Waals surface area contributed by atoms with Crippen LogP contribution in [-0.2, 0) is 4.79 Å². The number of hydrogen-bond acceptors (Lipinski definition) is 5. The van der Waals surface area contributed by atoms with Crippen LogP contribution in [0.25, 0.3) is 16.9 Å². The van der Waals surface area contributed by atoms with E-state index in [1.54, 1.807) is 30.6 Å². The van der Waals surface area contributed by atoms with E-state index in [4.69, 9.17) is 4.74 Å². The van der Waals surface area contributed by atoms with Crippen LogP contribution in [0.15, 0.2) is 67.1 Å². The lowest BCUT2D eigenvalue weighted by Gasteiger charge is -2.18. The maximum Gasteiger partial charge on any atom is 0.262 e. The van der Waals surface area contributed by atoms with E-state index in [2.05, 4.69) is 20.6 Å². The van der Waals surface area contributed by atoms with E-state index in [1.807, 2.05) is 34.9 Å². The highest BCUT2D eigenvalue weighted by molar-refractivity contribution is 6.06. The Labute approximate surface area is 165 Å². The molecule has 3 heterocycles. The van der Waals surface area contributed by atoms with Crippen LogP contribution in [-0.4, -0.2) is 33.0 Å². The number of aromatic nitrogens is 3. The molecule has 2 amide bonds. The van der Waals surface area contributed by atoms with E-state index in [0.717, 1.165) is 5.69 Å². The molecule has 0 spiro atoms. The molecule has 0 saturated heterocycles. The van der Waals surface area contributed by atoms with Gasteiger partial charge in [-0.05, 0) is 30.3 Å². The number of anilines is 2. The van der Waals surface area contributed by atoms with Crippen molar-refractivity contribution in [1.82, 2.24) is 14.5 Å². The van der Waals surface area contributed by atoms with Crippen LogP contribution in [0.2, 0.25) is 0 Å². The van der Waals surface area contributed by atoms with Gasteiger partial charge in [0.05, 0.1) is 11.3 Å². The molecule has 2 aromatic heterocycles. The molecule has 0 fully saturated rings. The average Bonchev–Trinajstić information content (AvgIpc) is 3.18. The molecule has 5 rings (SSSR count). The maximum atomic E-state index is 12.7. The van der Waals surface area contributed by atoms with Crippen LogP contribution in [0.3, 0.4) is 0 Å². The highest BCUT2D eigenvalue weighted by Crippen LogP contribution is 2.30. The van der Waals surface area contributed by atoms with E-state index in [1.165, 1.54) is 6.20 Å². The first-order valence-electron chi connectivity index (χ1n) is 8.94. The highest BCUT2D eigenvalue weighted by Gasteiger charge is 2.17. The predicted molar refractivity (Wildman–Crippen MR) is 107 cm³/mol. The summed E-state index contributed by atoms with van der Waals surface area (Å²) in [7, 11) is 0. The van der Waals surface area contributed by atoms with Gasteiger partial charge in [-0.25, -0.2) is 9.97 Å². The van der Waals surface area contributed by atoms with Gasteiger partial charge in [0.1, 0.15) is 17.6 Å². The van der Waals surface area contributed by atoms with Gasteiger partial charge >= 0.3 is 0 Å². The molecule has 29 heavy (non-hydrogen) atoms. The van der Waals surface area contributed by atoms with Gasteiger partial charge in [-0.15, -0.1) is 0 Å². The third-order valence-electron chi connectivity index (χ3n) is 4.56. The van der Waals surface area contributed by atoms with Gasteiger partial charge in [-0.2, -0.15) is 0 Å². The number of benzene rings is 2. The molecule has 0 aliphatic carbocycles. The lowest BCUT2D eigenvalue weighted by molar-refractivity contribution is -0.118. The van der Waals surface area contributed by atoms with E-state index in [-0.39, 0.29) is 18.4 Å². The number of para-hydroxylation sites is 1. The molecular formula is C21H15N5O3. The van der Waals surface area contributed by atoms with Gasteiger partial charge < -0.3 is 15.4 Å². The molecule has 2 N–H and O–H groups in total. The van der Waals surface area contributed by atoms with Crippen molar-refractivity contribution in [3.05, 3.63) is 72.7 Å². The number of pyridine rings is 1. The summed E-state index contributed by atoms with van der Waals surface area (Å²) in [6.45, 7) is -0.0466. The van der Waals surface area contributed by atoms with Gasteiger partial charge in [-0.3, -0.25) is 14.2 Å². The van der Waals surface area contributed by atoms with Crippen LogP contribution in [0.5, 0.6) is 5.75 Å². The molecule has 142 valence electrons. The van der Waals surface area contributed by atoms with E-state index >= 15 is 0 Å². The third kappa shape index (κ3) is 3.16. The van der Waals surface area contributed by atoms with Gasteiger partial charge in [-0.1, -0.05) is 18.2 Å². The summed E-state index contributed by atoms with van der Waals surface area (Å²) in [6, 6.07) is 16.5. The standard InChI is InChI=1S/C21H15N5O3/c27-19-11-29-18-9-14(6-7-16(18)25-19)24-21(28)13-8-17-20(22-10-13)26(12-23-17)15-4-2-1-3-5-15/h1-10,12H,11H2,(H,24,28)(H,25,27). The van der Waals surface area contributed by atoms with Crippen molar-refractivity contribution >= 4 is 34.4 Å². The minimum atomic E-state index is -0.312. The lowest BCUT2D eigenvalue weighted by Crippen LogP contribution is -2.25. The maximum absolute atomic E-state index is 12.7. The van der Waals surface area contributed by atoms with Crippen molar-refractivity contribution in [2.24, 2.45) is 0 Å². The highest BCUT2D eigenvalue weighted by atomic mass is 16.5. The molecule has 1 aliphatic rings. The Morgan fingerprint density at radius 3 is 2.83 bits per heavy atom. The normalized spacial score (nSPS) is 12.8. The second-order valence-electron chi connectivity index (χ2n) is 6.52. The van der Waals surface area contributed by atoms with E-state index < -0.39 is 0 Å². The topological polar surface area (TPSA) is 98.1 Å². The van der Waals surface area contributed by atoms with Gasteiger partial charge in [0.15, 0.2) is 12.3 Å². The second kappa shape index (κ2) is 6.75. The number of amides is 2. The zero-order valence-corrected chi connectivity index (χ0v) is 15.1. The largest absolute Gasteiger partial charge is 0.482 e. The third-order valence-corrected chi connectivity index (χ3v) is 4.56.